The summed E-state index contributed by atoms with van der Waals surface area (Å²) in [6.07, 6.45) is 0. The molecule has 0 aromatic heterocycles. The Hall–Kier alpha value is -0.720. The molecule has 4 nitrogen and oxygen atoms in total. The lowest BCUT2D eigenvalue weighted by Gasteiger charge is -2.18. The maximum absolute atomic E-state index is 11.7. The Labute approximate surface area is 129 Å². The minimum Gasteiger partial charge on any atom is -0.480 e. The van der Waals surface area contributed by atoms with Gasteiger partial charge in [-0.05, 0) is 32.0 Å². The second-order valence-corrected chi connectivity index (χ2v) is 7.20. The number of halogens is 2. The van der Waals surface area contributed by atoms with Crippen molar-refractivity contribution in [2.24, 2.45) is 0 Å². The number of carboxylic acid groups (broad SMARTS) is 1. The van der Waals surface area contributed by atoms with Crippen LogP contribution in [0.15, 0.2) is 22.7 Å². The molecular formula is C12H13BrClNO3S. The highest BCUT2D eigenvalue weighted by atomic mass is 79.9. The van der Waals surface area contributed by atoms with Crippen molar-refractivity contribution < 1.29 is 14.7 Å². The van der Waals surface area contributed by atoms with Gasteiger partial charge in [0.1, 0.15) is 4.75 Å². The van der Waals surface area contributed by atoms with Crippen LogP contribution in [0.3, 0.4) is 0 Å². The van der Waals surface area contributed by atoms with Crippen LogP contribution >= 0.6 is 39.3 Å². The Morgan fingerprint density at radius 1 is 1.47 bits per heavy atom. The SMILES string of the molecule is CC(C)(SCC(=O)Nc1ccc(Br)cc1Cl)C(=O)O. The minimum absolute atomic E-state index is 0.0473. The Balaban J connectivity index is 2.59. The summed E-state index contributed by atoms with van der Waals surface area (Å²) in [6.45, 7) is 3.11. The van der Waals surface area contributed by atoms with Gasteiger partial charge >= 0.3 is 5.97 Å². The second kappa shape index (κ2) is 6.63. The monoisotopic (exact) mass is 365 g/mol. The van der Waals surface area contributed by atoms with Crippen molar-refractivity contribution in [2.45, 2.75) is 18.6 Å². The first-order chi connectivity index (χ1) is 8.72. The molecule has 1 aromatic rings. The molecule has 0 unspecified atom stereocenters. The van der Waals surface area contributed by atoms with Crippen LogP contribution in [0.1, 0.15) is 13.8 Å². The number of carbonyl (C=O) groups excluding carboxylic acids is 1. The average molecular weight is 367 g/mol. The fourth-order valence-electron chi connectivity index (χ4n) is 1.08. The maximum atomic E-state index is 11.7. The average Bonchev–Trinajstić information content (AvgIpc) is 2.30. The highest BCUT2D eigenvalue weighted by Crippen LogP contribution is 2.27. The lowest BCUT2D eigenvalue weighted by Crippen LogP contribution is -2.29. The summed E-state index contributed by atoms with van der Waals surface area (Å²) >= 11 is 10.3. The molecule has 0 aliphatic heterocycles. The molecule has 7 heteroatoms. The van der Waals surface area contributed by atoms with E-state index in [4.69, 9.17) is 16.7 Å². The number of amides is 1. The summed E-state index contributed by atoms with van der Waals surface area (Å²) in [5.41, 5.74) is 0.503. The van der Waals surface area contributed by atoms with Crippen molar-refractivity contribution in [3.8, 4) is 0 Å². The molecular weight excluding hydrogens is 354 g/mol. The number of nitrogens with one attached hydrogen (secondary N) is 1. The Morgan fingerprint density at radius 2 is 2.11 bits per heavy atom. The minimum atomic E-state index is -0.999. The highest BCUT2D eigenvalue weighted by Gasteiger charge is 2.28. The molecule has 19 heavy (non-hydrogen) atoms. The number of hydrogen-bond acceptors (Lipinski definition) is 3. The number of carbonyl (C=O) groups is 2. The van der Waals surface area contributed by atoms with E-state index < -0.39 is 10.7 Å². The fourth-order valence-corrected chi connectivity index (χ4v) is 2.49. The van der Waals surface area contributed by atoms with Gasteiger partial charge in [0.2, 0.25) is 5.91 Å². The third-order valence-electron chi connectivity index (χ3n) is 2.28. The van der Waals surface area contributed by atoms with Gasteiger partial charge in [0.15, 0.2) is 0 Å². The van der Waals surface area contributed by atoms with Gasteiger partial charge in [-0.2, -0.15) is 0 Å². The molecule has 0 aliphatic rings. The van der Waals surface area contributed by atoms with Crippen LogP contribution in [0.2, 0.25) is 5.02 Å². The summed E-state index contributed by atoms with van der Waals surface area (Å²) in [6, 6.07) is 5.11. The number of benzene rings is 1. The Morgan fingerprint density at radius 3 is 2.63 bits per heavy atom. The maximum Gasteiger partial charge on any atom is 0.319 e. The van der Waals surface area contributed by atoms with Gasteiger partial charge < -0.3 is 10.4 Å². The fraction of sp³-hybridized carbons (Fsp3) is 0.333. The molecule has 1 amide bonds. The van der Waals surface area contributed by atoms with Gasteiger partial charge in [0, 0.05) is 4.47 Å². The number of carboxylic acids is 1. The van der Waals surface area contributed by atoms with Gasteiger partial charge in [0.25, 0.3) is 0 Å². The summed E-state index contributed by atoms with van der Waals surface area (Å²) in [5, 5.41) is 12.0. The molecule has 0 aliphatic carbocycles. The quantitative estimate of drug-likeness (QED) is 0.835. The van der Waals surface area contributed by atoms with E-state index in [2.05, 4.69) is 21.2 Å². The molecule has 0 saturated heterocycles. The van der Waals surface area contributed by atoms with Gasteiger partial charge in [-0.1, -0.05) is 27.5 Å². The molecule has 0 fully saturated rings. The zero-order valence-electron chi connectivity index (χ0n) is 10.4. The van der Waals surface area contributed by atoms with Crippen LogP contribution in [0.5, 0.6) is 0 Å². The smallest absolute Gasteiger partial charge is 0.319 e. The normalized spacial score (nSPS) is 11.2. The van der Waals surface area contributed by atoms with E-state index in [1.54, 1.807) is 32.0 Å². The standard InChI is InChI=1S/C12H13BrClNO3S/c1-12(2,11(17)18)19-6-10(16)15-9-4-3-7(13)5-8(9)14/h3-5H,6H2,1-2H3,(H,15,16)(H,17,18). The molecule has 0 spiro atoms. The summed E-state index contributed by atoms with van der Waals surface area (Å²) in [7, 11) is 0. The molecule has 0 heterocycles. The zero-order valence-corrected chi connectivity index (χ0v) is 13.5. The van der Waals surface area contributed by atoms with Crippen LogP contribution in [0.25, 0.3) is 0 Å². The second-order valence-electron chi connectivity index (χ2n) is 4.28. The number of aliphatic carboxylic acids is 1. The van der Waals surface area contributed by atoms with E-state index >= 15 is 0 Å². The molecule has 0 atom stereocenters. The van der Waals surface area contributed by atoms with Crippen molar-refractivity contribution in [3.05, 3.63) is 27.7 Å². The van der Waals surface area contributed by atoms with E-state index in [-0.39, 0.29) is 11.7 Å². The number of hydrogen-bond donors (Lipinski definition) is 2. The van der Waals surface area contributed by atoms with E-state index in [0.717, 1.165) is 16.2 Å². The largest absolute Gasteiger partial charge is 0.480 e. The number of rotatable bonds is 5. The molecule has 1 rings (SSSR count). The van der Waals surface area contributed by atoms with Crippen molar-refractivity contribution in [1.29, 1.82) is 0 Å². The summed E-state index contributed by atoms with van der Waals surface area (Å²) in [5.74, 6) is -1.19. The number of anilines is 1. The molecule has 0 radical (unpaired) electrons. The zero-order chi connectivity index (χ0) is 14.6. The predicted molar refractivity (Wildman–Crippen MR) is 82.0 cm³/mol. The van der Waals surface area contributed by atoms with Crippen molar-refractivity contribution in [2.75, 3.05) is 11.1 Å². The van der Waals surface area contributed by atoms with Crippen molar-refractivity contribution >= 4 is 56.9 Å². The van der Waals surface area contributed by atoms with Crippen LogP contribution in [-0.2, 0) is 9.59 Å². The van der Waals surface area contributed by atoms with Crippen molar-refractivity contribution in [3.63, 3.8) is 0 Å². The lowest BCUT2D eigenvalue weighted by atomic mass is 10.2. The summed E-state index contributed by atoms with van der Waals surface area (Å²) in [4.78, 5) is 22.6. The number of thioether (sulfide) groups is 1. The van der Waals surface area contributed by atoms with Crippen LogP contribution in [0.4, 0.5) is 5.69 Å². The predicted octanol–water partition coefficient (Wildman–Crippen LogP) is 3.64. The lowest BCUT2D eigenvalue weighted by molar-refractivity contribution is -0.138. The van der Waals surface area contributed by atoms with E-state index in [1.165, 1.54) is 0 Å². The van der Waals surface area contributed by atoms with E-state index in [1.807, 2.05) is 0 Å². The third-order valence-corrected chi connectivity index (χ3v) is 4.39. The van der Waals surface area contributed by atoms with Gasteiger partial charge in [-0.3, -0.25) is 9.59 Å². The Kier molecular flexibility index (Phi) is 5.70. The molecule has 0 saturated carbocycles. The topological polar surface area (TPSA) is 66.4 Å². The highest BCUT2D eigenvalue weighted by molar-refractivity contribution is 9.10. The first-order valence-corrected chi connectivity index (χ1v) is 7.50. The first kappa shape index (κ1) is 16.3. The molecule has 0 bridgehead atoms. The van der Waals surface area contributed by atoms with Gasteiger partial charge in [-0.25, -0.2) is 0 Å². The van der Waals surface area contributed by atoms with Crippen LogP contribution in [0, 0.1) is 0 Å². The molecule has 1 aromatic carbocycles. The Bertz CT molecular complexity index is 508. The third kappa shape index (κ3) is 5.04. The van der Waals surface area contributed by atoms with Gasteiger partial charge in [0.05, 0.1) is 16.5 Å². The molecule has 104 valence electrons. The first-order valence-electron chi connectivity index (χ1n) is 5.34. The van der Waals surface area contributed by atoms with Crippen molar-refractivity contribution in [1.82, 2.24) is 0 Å². The summed E-state index contributed by atoms with van der Waals surface area (Å²) < 4.78 is -0.183. The van der Waals surface area contributed by atoms with E-state index in [9.17, 15) is 9.59 Å². The van der Waals surface area contributed by atoms with Crippen LogP contribution < -0.4 is 5.32 Å². The van der Waals surface area contributed by atoms with Crippen LogP contribution in [-0.4, -0.2) is 27.5 Å². The van der Waals surface area contributed by atoms with Gasteiger partial charge in [-0.15, -0.1) is 11.8 Å². The van der Waals surface area contributed by atoms with E-state index in [0.29, 0.717) is 10.7 Å². The molecule has 2 N–H and O–H groups in total.